The molecule has 0 aliphatic heterocycles. The number of rotatable bonds is 4. The Hall–Kier alpha value is -6.00. The molecule has 0 amide bonds. The molecular formula is C40H26N4. The quantitative estimate of drug-likeness (QED) is 0.214. The fourth-order valence-electron chi connectivity index (χ4n) is 6.60. The van der Waals surface area contributed by atoms with Crippen LogP contribution in [0.15, 0.2) is 158 Å². The lowest BCUT2D eigenvalue weighted by Gasteiger charge is -2.09. The molecule has 0 saturated heterocycles. The Morgan fingerprint density at radius 3 is 1.50 bits per heavy atom. The fourth-order valence-corrected chi connectivity index (χ4v) is 6.60. The molecule has 3 heterocycles. The second-order valence-electron chi connectivity index (χ2n) is 11.1. The predicted octanol–water partition coefficient (Wildman–Crippen LogP) is 10.0. The third-order valence-electron chi connectivity index (χ3n) is 8.63. The number of para-hydroxylation sites is 3. The largest absolute Gasteiger partial charge is 0.309 e. The smallest absolute Gasteiger partial charge is 0.156 e. The molecule has 6 aromatic carbocycles. The first-order chi connectivity index (χ1) is 21.8. The van der Waals surface area contributed by atoms with Gasteiger partial charge < -0.3 is 4.57 Å². The minimum Gasteiger partial charge on any atom is -0.309 e. The zero-order valence-corrected chi connectivity index (χ0v) is 23.8. The molecule has 9 rings (SSSR count). The number of fused-ring (bicyclic) bond motifs is 6. The fraction of sp³-hybridized carbons (Fsp3) is 0. The van der Waals surface area contributed by atoms with Crippen molar-refractivity contribution in [3.05, 3.63) is 158 Å². The maximum absolute atomic E-state index is 4.87. The first kappa shape index (κ1) is 24.6. The highest BCUT2D eigenvalue weighted by molar-refractivity contribution is 6.12. The number of hydrogen-bond donors (Lipinski definition) is 0. The second-order valence-corrected chi connectivity index (χ2v) is 11.1. The molecule has 0 unspecified atom stereocenters. The van der Waals surface area contributed by atoms with E-state index in [0.29, 0.717) is 0 Å². The normalized spacial score (nSPS) is 11.6. The van der Waals surface area contributed by atoms with E-state index in [1.165, 1.54) is 49.4 Å². The summed E-state index contributed by atoms with van der Waals surface area (Å²) < 4.78 is 4.57. The molecule has 9 aromatic rings. The SMILES string of the molecule is c1ccc(-c2cnc(-n3c4ccccc4c4cc(-c5ccc6c(c5)c5ccccc5n6-c5ccccc5)ccc43)cn2)cc1. The van der Waals surface area contributed by atoms with E-state index in [4.69, 9.17) is 9.97 Å². The van der Waals surface area contributed by atoms with Crippen molar-refractivity contribution >= 4 is 43.6 Å². The van der Waals surface area contributed by atoms with Crippen LogP contribution in [0.2, 0.25) is 0 Å². The summed E-state index contributed by atoms with van der Waals surface area (Å²) in [4.78, 5) is 9.64. The van der Waals surface area contributed by atoms with Gasteiger partial charge in [0.2, 0.25) is 0 Å². The minimum atomic E-state index is 0.804. The Morgan fingerprint density at radius 2 is 0.886 bits per heavy atom. The van der Waals surface area contributed by atoms with Crippen LogP contribution in [0.4, 0.5) is 0 Å². The zero-order valence-electron chi connectivity index (χ0n) is 23.8. The molecule has 4 nitrogen and oxygen atoms in total. The van der Waals surface area contributed by atoms with Crippen LogP contribution in [0, 0.1) is 0 Å². The third kappa shape index (κ3) is 3.78. The Balaban J connectivity index is 1.20. The molecule has 0 N–H and O–H groups in total. The number of hydrogen-bond acceptors (Lipinski definition) is 2. The highest BCUT2D eigenvalue weighted by atomic mass is 15.1. The Kier molecular flexibility index (Phi) is 5.47. The molecule has 0 aliphatic carbocycles. The molecule has 0 radical (unpaired) electrons. The zero-order chi connectivity index (χ0) is 29.0. The van der Waals surface area contributed by atoms with Gasteiger partial charge in [-0.3, -0.25) is 9.55 Å². The molecule has 0 atom stereocenters. The van der Waals surface area contributed by atoms with E-state index < -0.39 is 0 Å². The van der Waals surface area contributed by atoms with Gasteiger partial charge >= 0.3 is 0 Å². The summed E-state index contributed by atoms with van der Waals surface area (Å²) in [5.41, 5.74) is 10.1. The molecule has 0 spiro atoms. The van der Waals surface area contributed by atoms with Gasteiger partial charge in [-0.1, -0.05) is 97.1 Å². The van der Waals surface area contributed by atoms with Crippen molar-refractivity contribution in [2.24, 2.45) is 0 Å². The van der Waals surface area contributed by atoms with E-state index in [1.807, 2.05) is 30.6 Å². The van der Waals surface area contributed by atoms with Crippen molar-refractivity contribution in [3.63, 3.8) is 0 Å². The summed E-state index contributed by atoms with van der Waals surface area (Å²) in [5.74, 6) is 0.804. The number of benzene rings is 6. The van der Waals surface area contributed by atoms with E-state index in [1.54, 1.807) is 0 Å². The first-order valence-electron chi connectivity index (χ1n) is 14.8. The minimum absolute atomic E-state index is 0.804. The molecular weight excluding hydrogens is 536 g/mol. The van der Waals surface area contributed by atoms with Crippen molar-refractivity contribution in [2.45, 2.75) is 0 Å². The van der Waals surface area contributed by atoms with Crippen molar-refractivity contribution < 1.29 is 0 Å². The van der Waals surface area contributed by atoms with Gasteiger partial charge in [-0.2, -0.15) is 0 Å². The summed E-state index contributed by atoms with van der Waals surface area (Å²) in [6.45, 7) is 0. The van der Waals surface area contributed by atoms with Gasteiger partial charge in [-0.15, -0.1) is 0 Å². The van der Waals surface area contributed by atoms with Crippen LogP contribution in [0.25, 0.3) is 77.5 Å². The summed E-state index contributed by atoms with van der Waals surface area (Å²) in [6, 6.07) is 51.6. The lowest BCUT2D eigenvalue weighted by atomic mass is 10.0. The predicted molar refractivity (Wildman–Crippen MR) is 182 cm³/mol. The van der Waals surface area contributed by atoms with Crippen LogP contribution >= 0.6 is 0 Å². The maximum Gasteiger partial charge on any atom is 0.156 e. The van der Waals surface area contributed by atoms with Crippen LogP contribution in [0.5, 0.6) is 0 Å². The second kappa shape index (κ2) is 9.79. The Bertz CT molecular complexity index is 2470. The van der Waals surface area contributed by atoms with Crippen molar-refractivity contribution in [3.8, 4) is 33.9 Å². The monoisotopic (exact) mass is 562 g/mol. The average Bonchev–Trinajstić information content (AvgIpc) is 3.61. The van der Waals surface area contributed by atoms with E-state index in [2.05, 4.69) is 137 Å². The van der Waals surface area contributed by atoms with Crippen molar-refractivity contribution in [1.29, 1.82) is 0 Å². The average molecular weight is 563 g/mol. The maximum atomic E-state index is 4.87. The van der Waals surface area contributed by atoms with Crippen LogP contribution in [-0.2, 0) is 0 Å². The molecule has 3 aromatic heterocycles. The molecule has 0 fully saturated rings. The van der Waals surface area contributed by atoms with E-state index in [0.717, 1.165) is 28.1 Å². The van der Waals surface area contributed by atoms with Gasteiger partial charge in [0.1, 0.15) is 0 Å². The van der Waals surface area contributed by atoms with Crippen LogP contribution in [0.3, 0.4) is 0 Å². The van der Waals surface area contributed by atoms with Crippen molar-refractivity contribution in [1.82, 2.24) is 19.1 Å². The molecule has 4 heteroatoms. The summed E-state index contributed by atoms with van der Waals surface area (Å²) in [6.07, 6.45) is 3.74. The Labute approximate surface area is 254 Å². The number of nitrogens with zero attached hydrogens (tertiary/aromatic N) is 4. The molecule has 206 valence electrons. The lowest BCUT2D eigenvalue weighted by molar-refractivity contribution is 1.04. The summed E-state index contributed by atoms with van der Waals surface area (Å²) in [7, 11) is 0. The summed E-state index contributed by atoms with van der Waals surface area (Å²) in [5, 5.41) is 4.89. The van der Waals surface area contributed by atoms with Crippen LogP contribution in [0.1, 0.15) is 0 Å². The van der Waals surface area contributed by atoms with E-state index in [9.17, 15) is 0 Å². The number of aromatic nitrogens is 4. The summed E-state index contributed by atoms with van der Waals surface area (Å²) >= 11 is 0. The van der Waals surface area contributed by atoms with Gasteiger partial charge in [0.25, 0.3) is 0 Å². The molecule has 0 bridgehead atoms. The van der Waals surface area contributed by atoms with Gasteiger partial charge in [0, 0.05) is 32.8 Å². The highest BCUT2D eigenvalue weighted by Crippen LogP contribution is 2.38. The van der Waals surface area contributed by atoms with Crippen LogP contribution in [-0.4, -0.2) is 19.1 Å². The highest BCUT2D eigenvalue weighted by Gasteiger charge is 2.16. The standard InChI is InChI=1S/C40H26N4/c1-3-11-27(12-4-1)35-25-42-40(26-41-35)44-37-18-10-8-16-32(37)34-24-29(20-22-39(34)44)28-19-21-38-33(23-28)31-15-7-9-17-36(31)43(38)30-13-5-2-6-14-30/h1-26H. The van der Waals surface area contributed by atoms with Gasteiger partial charge in [-0.05, 0) is 59.7 Å². The molecule has 0 aliphatic rings. The van der Waals surface area contributed by atoms with E-state index >= 15 is 0 Å². The Morgan fingerprint density at radius 1 is 0.364 bits per heavy atom. The third-order valence-corrected chi connectivity index (χ3v) is 8.63. The van der Waals surface area contributed by atoms with Crippen molar-refractivity contribution in [2.75, 3.05) is 0 Å². The van der Waals surface area contributed by atoms with Crippen LogP contribution < -0.4 is 0 Å². The first-order valence-corrected chi connectivity index (χ1v) is 14.8. The molecule has 0 saturated carbocycles. The van der Waals surface area contributed by atoms with Gasteiger partial charge in [-0.25, -0.2) is 4.98 Å². The molecule has 44 heavy (non-hydrogen) atoms. The van der Waals surface area contributed by atoms with E-state index in [-0.39, 0.29) is 0 Å². The topological polar surface area (TPSA) is 35.6 Å². The van der Waals surface area contributed by atoms with Gasteiger partial charge in [0.05, 0.1) is 40.2 Å². The van der Waals surface area contributed by atoms with Gasteiger partial charge in [0.15, 0.2) is 5.82 Å². The lowest BCUT2D eigenvalue weighted by Crippen LogP contribution is -1.99.